The zero-order chi connectivity index (χ0) is 16.9. The second-order valence-corrected chi connectivity index (χ2v) is 6.64. The Balaban J connectivity index is 1.48. The van der Waals surface area contributed by atoms with Crippen LogP contribution in [-0.4, -0.2) is 39.7 Å². The highest BCUT2D eigenvalue weighted by Crippen LogP contribution is 2.23. The number of fused-ring (bicyclic) bond motifs is 1. The van der Waals surface area contributed by atoms with Gasteiger partial charge in [-0.2, -0.15) is 0 Å². The van der Waals surface area contributed by atoms with Crippen LogP contribution in [0.2, 0.25) is 0 Å². The molecule has 6 nitrogen and oxygen atoms in total. The van der Waals surface area contributed by atoms with Crippen molar-refractivity contribution >= 4 is 11.7 Å². The van der Waals surface area contributed by atoms with Crippen molar-refractivity contribution in [2.24, 2.45) is 5.92 Å². The average Bonchev–Trinajstić information content (AvgIpc) is 3.00. The molecule has 0 radical (unpaired) electrons. The molecule has 0 spiro atoms. The molecular weight excluding hydrogens is 304 g/mol. The van der Waals surface area contributed by atoms with Crippen LogP contribution in [0, 0.1) is 12.8 Å². The average molecular weight is 330 g/mol. The molecule has 1 saturated carbocycles. The van der Waals surface area contributed by atoms with E-state index in [9.17, 15) is 9.90 Å². The molecule has 0 saturated heterocycles. The third-order valence-corrected chi connectivity index (χ3v) is 4.85. The number of nitrogens with one attached hydrogen (secondary N) is 2. The standard InChI is InChI=1S/C18H26N4O2/c1-13-5-4-10-22-11-15(20-17(13)22)8-9-19-18(24)21-16-7-3-2-6-14(16)12-23/h4-5,10-11,14,16,23H,2-3,6-9,12H2,1H3,(H2,19,21,24). The van der Waals surface area contributed by atoms with E-state index in [4.69, 9.17) is 0 Å². The number of rotatable bonds is 5. The first-order valence-electron chi connectivity index (χ1n) is 8.76. The van der Waals surface area contributed by atoms with Gasteiger partial charge in [-0.15, -0.1) is 0 Å². The van der Waals surface area contributed by atoms with Gasteiger partial charge in [-0.05, 0) is 31.4 Å². The number of aliphatic hydroxyl groups is 1. The summed E-state index contributed by atoms with van der Waals surface area (Å²) in [4.78, 5) is 16.7. The van der Waals surface area contributed by atoms with E-state index in [0.717, 1.165) is 42.6 Å². The molecule has 3 N–H and O–H groups in total. The summed E-state index contributed by atoms with van der Waals surface area (Å²) < 4.78 is 2.01. The highest BCUT2D eigenvalue weighted by atomic mass is 16.3. The van der Waals surface area contributed by atoms with Crippen LogP contribution in [0.25, 0.3) is 5.65 Å². The molecule has 24 heavy (non-hydrogen) atoms. The van der Waals surface area contributed by atoms with Crippen molar-refractivity contribution in [3.8, 4) is 0 Å². The van der Waals surface area contributed by atoms with E-state index in [1.807, 2.05) is 35.9 Å². The summed E-state index contributed by atoms with van der Waals surface area (Å²) in [6.07, 6.45) is 8.87. The SMILES string of the molecule is Cc1cccn2cc(CCNC(=O)NC3CCCCC3CO)nc12. The lowest BCUT2D eigenvalue weighted by Gasteiger charge is -2.30. The van der Waals surface area contributed by atoms with Crippen LogP contribution in [0.3, 0.4) is 0 Å². The van der Waals surface area contributed by atoms with Gasteiger partial charge in [0.25, 0.3) is 0 Å². The number of aliphatic hydroxyl groups excluding tert-OH is 1. The topological polar surface area (TPSA) is 78.7 Å². The van der Waals surface area contributed by atoms with Crippen molar-refractivity contribution < 1.29 is 9.90 Å². The maximum atomic E-state index is 12.1. The molecule has 6 heteroatoms. The Morgan fingerprint density at radius 2 is 2.25 bits per heavy atom. The number of nitrogens with zero attached hydrogens (tertiary/aromatic N) is 2. The lowest BCUT2D eigenvalue weighted by Crippen LogP contribution is -2.48. The maximum absolute atomic E-state index is 12.1. The molecule has 1 aliphatic carbocycles. The number of amides is 2. The first-order valence-corrected chi connectivity index (χ1v) is 8.76. The molecule has 1 fully saturated rings. The van der Waals surface area contributed by atoms with Crippen LogP contribution in [-0.2, 0) is 6.42 Å². The molecule has 1 aliphatic rings. The van der Waals surface area contributed by atoms with Crippen LogP contribution < -0.4 is 10.6 Å². The van der Waals surface area contributed by atoms with E-state index in [-0.39, 0.29) is 24.6 Å². The smallest absolute Gasteiger partial charge is 0.315 e. The molecule has 2 amide bonds. The number of aryl methyl sites for hydroxylation is 1. The van der Waals surface area contributed by atoms with Crippen molar-refractivity contribution in [1.82, 2.24) is 20.0 Å². The van der Waals surface area contributed by atoms with Gasteiger partial charge in [0.1, 0.15) is 5.65 Å². The van der Waals surface area contributed by atoms with Gasteiger partial charge in [0.2, 0.25) is 0 Å². The third kappa shape index (κ3) is 3.87. The Morgan fingerprint density at radius 3 is 3.04 bits per heavy atom. The Labute approximate surface area is 142 Å². The monoisotopic (exact) mass is 330 g/mol. The second kappa shape index (κ2) is 7.66. The van der Waals surface area contributed by atoms with Crippen molar-refractivity contribution in [2.75, 3.05) is 13.2 Å². The Kier molecular flexibility index (Phi) is 5.35. The summed E-state index contributed by atoms with van der Waals surface area (Å²) in [5.41, 5.74) is 3.07. The number of aromatic nitrogens is 2. The number of hydrogen-bond acceptors (Lipinski definition) is 3. The molecule has 2 atom stereocenters. The van der Waals surface area contributed by atoms with Gasteiger partial charge in [0, 0.05) is 43.9 Å². The first kappa shape index (κ1) is 16.8. The van der Waals surface area contributed by atoms with Crippen LogP contribution >= 0.6 is 0 Å². The van der Waals surface area contributed by atoms with Crippen LogP contribution in [0.4, 0.5) is 4.79 Å². The second-order valence-electron chi connectivity index (χ2n) is 6.64. The lowest BCUT2D eigenvalue weighted by atomic mass is 9.85. The van der Waals surface area contributed by atoms with Gasteiger partial charge < -0.3 is 20.1 Å². The summed E-state index contributed by atoms with van der Waals surface area (Å²) in [5.74, 6) is 0.186. The Hall–Kier alpha value is -2.08. The fourth-order valence-electron chi connectivity index (χ4n) is 3.46. The molecule has 3 rings (SSSR count). The highest BCUT2D eigenvalue weighted by Gasteiger charge is 2.25. The zero-order valence-corrected chi connectivity index (χ0v) is 14.2. The highest BCUT2D eigenvalue weighted by molar-refractivity contribution is 5.74. The predicted octanol–water partition coefficient (Wildman–Crippen LogP) is 2.04. The fraction of sp³-hybridized carbons (Fsp3) is 0.556. The summed E-state index contributed by atoms with van der Waals surface area (Å²) in [7, 11) is 0. The fourth-order valence-corrected chi connectivity index (χ4v) is 3.46. The molecule has 2 unspecified atom stereocenters. The summed E-state index contributed by atoms with van der Waals surface area (Å²) in [5, 5.41) is 15.3. The van der Waals surface area contributed by atoms with E-state index >= 15 is 0 Å². The number of hydrogen-bond donors (Lipinski definition) is 3. The molecule has 0 bridgehead atoms. The summed E-state index contributed by atoms with van der Waals surface area (Å²) >= 11 is 0. The van der Waals surface area contributed by atoms with Crippen molar-refractivity contribution in [2.45, 2.75) is 45.1 Å². The third-order valence-electron chi connectivity index (χ3n) is 4.85. The number of imidazole rings is 1. The minimum Gasteiger partial charge on any atom is -0.396 e. The van der Waals surface area contributed by atoms with Gasteiger partial charge >= 0.3 is 6.03 Å². The predicted molar refractivity (Wildman–Crippen MR) is 93.0 cm³/mol. The largest absolute Gasteiger partial charge is 0.396 e. The van der Waals surface area contributed by atoms with E-state index in [1.54, 1.807) is 0 Å². The molecule has 0 aromatic carbocycles. The van der Waals surface area contributed by atoms with Gasteiger partial charge in [0.05, 0.1) is 5.69 Å². The van der Waals surface area contributed by atoms with Crippen molar-refractivity contribution in [1.29, 1.82) is 0 Å². The molecule has 130 valence electrons. The maximum Gasteiger partial charge on any atom is 0.315 e. The van der Waals surface area contributed by atoms with Crippen LogP contribution in [0.15, 0.2) is 24.5 Å². The normalized spacial score (nSPS) is 20.9. The zero-order valence-electron chi connectivity index (χ0n) is 14.2. The molecule has 0 aliphatic heterocycles. The number of carbonyl (C=O) groups excluding carboxylic acids is 1. The minimum absolute atomic E-state index is 0.0848. The van der Waals surface area contributed by atoms with E-state index in [0.29, 0.717) is 13.0 Å². The summed E-state index contributed by atoms with van der Waals surface area (Å²) in [6, 6.07) is 3.97. The summed E-state index contributed by atoms with van der Waals surface area (Å²) in [6.45, 7) is 2.73. The van der Waals surface area contributed by atoms with Gasteiger partial charge in [0.15, 0.2) is 0 Å². The molecule has 2 aromatic rings. The van der Waals surface area contributed by atoms with Gasteiger partial charge in [-0.25, -0.2) is 9.78 Å². The van der Waals surface area contributed by atoms with Crippen LogP contribution in [0.1, 0.15) is 36.9 Å². The van der Waals surface area contributed by atoms with E-state index in [1.165, 1.54) is 0 Å². The molecule has 2 aromatic heterocycles. The molecule has 2 heterocycles. The van der Waals surface area contributed by atoms with Crippen LogP contribution in [0.5, 0.6) is 0 Å². The quantitative estimate of drug-likeness (QED) is 0.785. The van der Waals surface area contributed by atoms with Gasteiger partial charge in [-0.3, -0.25) is 0 Å². The Morgan fingerprint density at radius 1 is 1.42 bits per heavy atom. The van der Waals surface area contributed by atoms with Gasteiger partial charge in [-0.1, -0.05) is 18.9 Å². The Bertz CT molecular complexity index is 697. The lowest BCUT2D eigenvalue weighted by molar-refractivity contribution is 0.154. The first-order chi connectivity index (χ1) is 11.7. The molecular formula is C18H26N4O2. The minimum atomic E-state index is -0.153. The number of urea groups is 1. The van der Waals surface area contributed by atoms with Crippen molar-refractivity contribution in [3.63, 3.8) is 0 Å². The van der Waals surface area contributed by atoms with E-state index < -0.39 is 0 Å². The van der Waals surface area contributed by atoms with E-state index in [2.05, 4.69) is 15.6 Å². The number of carbonyl (C=O) groups is 1. The number of pyridine rings is 1. The van der Waals surface area contributed by atoms with Crippen molar-refractivity contribution in [3.05, 3.63) is 35.8 Å².